The summed E-state index contributed by atoms with van der Waals surface area (Å²) < 4.78 is 0. The van der Waals surface area contributed by atoms with Gasteiger partial charge in [0.05, 0.1) is 5.54 Å². The average molecular weight is 289 g/mol. The molecule has 0 spiro atoms. The van der Waals surface area contributed by atoms with E-state index in [1.807, 2.05) is 0 Å². The van der Waals surface area contributed by atoms with Crippen LogP contribution in [0.5, 0.6) is 0 Å². The Balaban J connectivity index is 1.70. The smallest absolute Gasteiger partial charge is 0.239 e. The second-order valence-electron chi connectivity index (χ2n) is 6.55. The first kappa shape index (κ1) is 16.0. The van der Waals surface area contributed by atoms with Gasteiger partial charge in [-0.05, 0) is 38.7 Å². The zero-order valence-corrected chi connectivity index (χ0v) is 13.1. The molecule has 1 aromatic rings. The molecular formula is C17H27N3O. The molecule has 116 valence electrons. The summed E-state index contributed by atoms with van der Waals surface area (Å²) in [6, 6.07) is 10.9. The Bertz CT molecular complexity index is 445. The fourth-order valence-corrected chi connectivity index (χ4v) is 2.60. The number of carbonyl (C=O) groups excluding carboxylic acids is 1. The van der Waals surface area contributed by atoms with Gasteiger partial charge in [-0.2, -0.15) is 0 Å². The van der Waals surface area contributed by atoms with Crippen LogP contribution in [-0.4, -0.2) is 42.0 Å². The summed E-state index contributed by atoms with van der Waals surface area (Å²) >= 11 is 0. The molecule has 2 rings (SSSR count). The number of amides is 1. The molecule has 1 aliphatic heterocycles. The highest BCUT2D eigenvalue weighted by Gasteiger charge is 2.26. The first-order valence-corrected chi connectivity index (χ1v) is 7.81. The van der Waals surface area contributed by atoms with Crippen LogP contribution in [0.1, 0.15) is 32.3 Å². The zero-order valence-electron chi connectivity index (χ0n) is 13.1. The summed E-state index contributed by atoms with van der Waals surface area (Å²) in [6.45, 7) is 6.67. The van der Waals surface area contributed by atoms with Crippen LogP contribution >= 0.6 is 0 Å². The van der Waals surface area contributed by atoms with E-state index in [1.165, 1.54) is 5.56 Å². The van der Waals surface area contributed by atoms with E-state index in [0.717, 1.165) is 38.9 Å². The summed E-state index contributed by atoms with van der Waals surface area (Å²) in [4.78, 5) is 14.4. The minimum atomic E-state index is -0.787. The van der Waals surface area contributed by atoms with Gasteiger partial charge < -0.3 is 16.0 Å². The molecule has 3 N–H and O–H groups in total. The van der Waals surface area contributed by atoms with Crippen molar-refractivity contribution in [1.82, 2.24) is 10.2 Å². The molecule has 1 aromatic carbocycles. The normalized spacial score (nSPS) is 17.7. The van der Waals surface area contributed by atoms with E-state index < -0.39 is 5.54 Å². The molecule has 0 aromatic heterocycles. The Kier molecular flexibility index (Phi) is 5.37. The van der Waals surface area contributed by atoms with Crippen molar-refractivity contribution >= 4 is 5.91 Å². The van der Waals surface area contributed by atoms with E-state index in [0.29, 0.717) is 0 Å². The molecule has 0 aliphatic carbocycles. The van der Waals surface area contributed by atoms with E-state index >= 15 is 0 Å². The molecule has 4 heteroatoms. The number of nitrogens with one attached hydrogen (secondary N) is 1. The minimum Gasteiger partial charge on any atom is -0.352 e. The second-order valence-corrected chi connectivity index (χ2v) is 6.55. The van der Waals surface area contributed by atoms with Crippen LogP contribution in [0.4, 0.5) is 0 Å². The monoisotopic (exact) mass is 289 g/mol. The highest BCUT2D eigenvalue weighted by atomic mass is 16.2. The van der Waals surface area contributed by atoms with E-state index in [9.17, 15) is 4.79 Å². The number of carbonyl (C=O) groups is 1. The fraction of sp³-hybridized carbons (Fsp3) is 0.588. The van der Waals surface area contributed by atoms with Crippen molar-refractivity contribution in [2.75, 3.05) is 19.6 Å². The van der Waals surface area contributed by atoms with Crippen LogP contribution in [0, 0.1) is 0 Å². The average Bonchev–Trinajstić information content (AvgIpc) is 2.46. The molecule has 0 unspecified atom stereocenters. The molecule has 1 amide bonds. The van der Waals surface area contributed by atoms with Gasteiger partial charge in [0.25, 0.3) is 0 Å². The molecule has 21 heavy (non-hydrogen) atoms. The van der Waals surface area contributed by atoms with Crippen LogP contribution in [-0.2, 0) is 11.2 Å². The van der Waals surface area contributed by atoms with Gasteiger partial charge in [0, 0.05) is 25.7 Å². The topological polar surface area (TPSA) is 58.4 Å². The highest BCUT2D eigenvalue weighted by molar-refractivity contribution is 5.85. The Labute approximate surface area is 127 Å². The van der Waals surface area contributed by atoms with Gasteiger partial charge in [0.1, 0.15) is 0 Å². The van der Waals surface area contributed by atoms with Crippen LogP contribution in [0.15, 0.2) is 30.3 Å². The number of nitrogens with two attached hydrogens (primary N) is 1. The molecule has 1 saturated heterocycles. The molecule has 0 atom stereocenters. The SMILES string of the molecule is CC(C)(N)C(=O)NC1CCN(CCc2ccccc2)CC1. The Morgan fingerprint density at radius 1 is 1.29 bits per heavy atom. The predicted octanol–water partition coefficient (Wildman–Crippen LogP) is 1.55. The van der Waals surface area contributed by atoms with Crippen molar-refractivity contribution in [1.29, 1.82) is 0 Å². The van der Waals surface area contributed by atoms with Crippen molar-refractivity contribution in [2.45, 2.75) is 44.7 Å². The minimum absolute atomic E-state index is 0.0507. The third-order valence-corrected chi connectivity index (χ3v) is 4.07. The Morgan fingerprint density at radius 2 is 1.90 bits per heavy atom. The second kappa shape index (κ2) is 7.05. The van der Waals surface area contributed by atoms with Gasteiger partial charge in [0.2, 0.25) is 5.91 Å². The molecule has 4 nitrogen and oxygen atoms in total. The summed E-state index contributed by atoms with van der Waals surface area (Å²) in [7, 11) is 0. The number of nitrogens with zero attached hydrogens (tertiary/aromatic N) is 1. The maximum atomic E-state index is 11.9. The van der Waals surface area contributed by atoms with Crippen LogP contribution in [0.25, 0.3) is 0 Å². The quantitative estimate of drug-likeness (QED) is 0.864. The summed E-state index contributed by atoms with van der Waals surface area (Å²) in [6.07, 6.45) is 3.11. The van der Waals surface area contributed by atoms with Gasteiger partial charge in [-0.25, -0.2) is 0 Å². The summed E-state index contributed by atoms with van der Waals surface area (Å²) in [5.41, 5.74) is 6.41. The van der Waals surface area contributed by atoms with Gasteiger partial charge in [-0.1, -0.05) is 30.3 Å². The lowest BCUT2D eigenvalue weighted by Gasteiger charge is -2.33. The maximum Gasteiger partial charge on any atom is 0.239 e. The van der Waals surface area contributed by atoms with Crippen molar-refractivity contribution in [3.05, 3.63) is 35.9 Å². The van der Waals surface area contributed by atoms with Crippen LogP contribution in [0.3, 0.4) is 0 Å². The van der Waals surface area contributed by atoms with Crippen LogP contribution < -0.4 is 11.1 Å². The number of hydrogen-bond acceptors (Lipinski definition) is 3. The van der Waals surface area contributed by atoms with Crippen molar-refractivity contribution < 1.29 is 4.79 Å². The molecule has 1 heterocycles. The lowest BCUT2D eigenvalue weighted by Crippen LogP contribution is -2.54. The van der Waals surface area contributed by atoms with Crippen molar-refractivity contribution in [2.24, 2.45) is 5.73 Å². The van der Waals surface area contributed by atoms with Gasteiger partial charge >= 0.3 is 0 Å². The van der Waals surface area contributed by atoms with Crippen molar-refractivity contribution in [3.63, 3.8) is 0 Å². The third-order valence-electron chi connectivity index (χ3n) is 4.07. The van der Waals surface area contributed by atoms with E-state index in [2.05, 4.69) is 40.5 Å². The molecule has 1 fully saturated rings. The maximum absolute atomic E-state index is 11.9. The number of benzene rings is 1. The highest BCUT2D eigenvalue weighted by Crippen LogP contribution is 2.12. The van der Waals surface area contributed by atoms with Gasteiger partial charge in [-0.15, -0.1) is 0 Å². The predicted molar refractivity (Wildman–Crippen MR) is 86.0 cm³/mol. The Hall–Kier alpha value is -1.39. The lowest BCUT2D eigenvalue weighted by atomic mass is 10.0. The fourth-order valence-electron chi connectivity index (χ4n) is 2.60. The number of hydrogen-bond donors (Lipinski definition) is 2. The van der Waals surface area contributed by atoms with E-state index in [1.54, 1.807) is 13.8 Å². The molecule has 0 bridgehead atoms. The van der Waals surface area contributed by atoms with Crippen molar-refractivity contribution in [3.8, 4) is 0 Å². The number of likely N-dealkylation sites (tertiary alicyclic amines) is 1. The summed E-state index contributed by atoms with van der Waals surface area (Å²) in [5, 5.41) is 3.06. The first-order valence-electron chi connectivity index (χ1n) is 7.81. The standard InChI is InChI=1S/C17H27N3O/c1-17(2,18)16(21)19-15-9-12-20(13-10-15)11-8-14-6-4-3-5-7-14/h3-7,15H,8-13,18H2,1-2H3,(H,19,21). The largest absolute Gasteiger partial charge is 0.352 e. The van der Waals surface area contributed by atoms with Gasteiger partial charge in [0.15, 0.2) is 0 Å². The van der Waals surface area contributed by atoms with Crippen LogP contribution in [0.2, 0.25) is 0 Å². The Morgan fingerprint density at radius 3 is 2.48 bits per heavy atom. The van der Waals surface area contributed by atoms with Gasteiger partial charge in [-0.3, -0.25) is 4.79 Å². The number of piperidine rings is 1. The molecule has 0 saturated carbocycles. The third kappa shape index (κ3) is 5.14. The first-order chi connectivity index (χ1) is 9.95. The molecule has 1 aliphatic rings. The zero-order chi connectivity index (χ0) is 15.3. The number of rotatable bonds is 5. The molecular weight excluding hydrogens is 262 g/mol. The molecule has 0 radical (unpaired) electrons. The lowest BCUT2D eigenvalue weighted by molar-refractivity contribution is -0.126. The van der Waals surface area contributed by atoms with E-state index in [-0.39, 0.29) is 11.9 Å². The van der Waals surface area contributed by atoms with E-state index in [4.69, 9.17) is 5.73 Å². The summed E-state index contributed by atoms with van der Waals surface area (Å²) in [5.74, 6) is -0.0507.